The molecular weight excluding hydrogens is 583 g/mol. The number of thiophene rings is 2. The lowest BCUT2D eigenvalue weighted by Crippen LogP contribution is -1.86. The molecule has 0 atom stereocenters. The number of hydrogen-bond acceptors (Lipinski definition) is 2. The third-order valence-electron chi connectivity index (χ3n) is 9.75. The van der Waals surface area contributed by atoms with E-state index in [0.717, 1.165) is 0 Å². The van der Waals surface area contributed by atoms with E-state index in [0.29, 0.717) is 0 Å². The molecule has 0 aliphatic rings. The summed E-state index contributed by atoms with van der Waals surface area (Å²) >= 11 is 3.80. The lowest BCUT2D eigenvalue weighted by molar-refractivity contribution is 1.35. The van der Waals surface area contributed by atoms with Gasteiger partial charge >= 0.3 is 0 Å². The second kappa shape index (κ2) is 8.70. The first kappa shape index (κ1) is 24.1. The second-order valence-corrected chi connectivity index (χ2v) is 14.2. The normalized spacial score (nSPS) is 12.4. The number of benzene rings is 7. The van der Waals surface area contributed by atoms with Crippen LogP contribution in [0.2, 0.25) is 0 Å². The van der Waals surface area contributed by atoms with Gasteiger partial charge in [-0.2, -0.15) is 0 Å². The van der Waals surface area contributed by atoms with E-state index in [4.69, 9.17) is 0 Å². The Morgan fingerprint density at radius 2 is 0.956 bits per heavy atom. The molecule has 45 heavy (non-hydrogen) atoms. The van der Waals surface area contributed by atoms with Crippen molar-refractivity contribution < 1.29 is 0 Å². The van der Waals surface area contributed by atoms with Crippen molar-refractivity contribution in [3.63, 3.8) is 0 Å². The zero-order valence-electron chi connectivity index (χ0n) is 24.0. The maximum absolute atomic E-state index is 2.53. The molecule has 0 aliphatic carbocycles. The monoisotopic (exact) mass is 605 g/mol. The predicted molar refractivity (Wildman–Crippen MR) is 199 cm³/mol. The van der Waals surface area contributed by atoms with Crippen LogP contribution in [0.5, 0.6) is 0 Å². The molecule has 11 aromatic rings. The molecule has 0 saturated heterocycles. The standard InChI is InChI=1S/C42H23NS2/c1-3-17-34-26(9-1)28-12-7-19-37-39(28)40-29(13-8-20-38(40)44-37)30-14-6-15-31-33-23-24(21-22-35(33)43(34)41(30)31)25-11-5-16-32-27-10-2-4-18-36(27)45-42(25)32/h1-23H. The third-order valence-corrected chi connectivity index (χ3v) is 12.1. The smallest absolute Gasteiger partial charge is 0.0619 e. The summed E-state index contributed by atoms with van der Waals surface area (Å²) < 4.78 is 7.91. The Morgan fingerprint density at radius 1 is 0.378 bits per heavy atom. The molecule has 0 radical (unpaired) electrons. The maximum Gasteiger partial charge on any atom is 0.0619 e. The van der Waals surface area contributed by atoms with E-state index in [-0.39, 0.29) is 0 Å². The average Bonchev–Trinajstić information content (AvgIpc) is 3.77. The van der Waals surface area contributed by atoms with Gasteiger partial charge in [0.15, 0.2) is 0 Å². The predicted octanol–water partition coefficient (Wildman–Crippen LogP) is 13.0. The quantitative estimate of drug-likeness (QED) is 0.175. The molecule has 0 bridgehead atoms. The zero-order chi connectivity index (χ0) is 29.2. The highest BCUT2D eigenvalue weighted by molar-refractivity contribution is 7.26. The van der Waals surface area contributed by atoms with Gasteiger partial charge in [-0.1, -0.05) is 103 Å². The highest BCUT2D eigenvalue weighted by atomic mass is 32.1. The fourth-order valence-electron chi connectivity index (χ4n) is 7.89. The largest absolute Gasteiger partial charge is 0.308 e. The van der Waals surface area contributed by atoms with E-state index in [1.807, 2.05) is 22.7 Å². The fourth-order valence-corrected chi connectivity index (χ4v) is 10.3. The maximum atomic E-state index is 2.53. The summed E-state index contributed by atoms with van der Waals surface area (Å²) in [7, 11) is 0. The molecule has 4 heterocycles. The van der Waals surface area contributed by atoms with Gasteiger partial charge in [-0.05, 0) is 58.3 Å². The summed E-state index contributed by atoms with van der Waals surface area (Å²) in [5.41, 5.74) is 6.30. The van der Waals surface area contributed by atoms with Crippen LogP contribution >= 0.6 is 22.7 Å². The van der Waals surface area contributed by atoms with Crippen LogP contribution in [0, 0.1) is 0 Å². The molecule has 0 N–H and O–H groups in total. The van der Waals surface area contributed by atoms with Crippen molar-refractivity contribution in [1.82, 2.24) is 4.40 Å². The summed E-state index contributed by atoms with van der Waals surface area (Å²) in [5, 5.41) is 13.2. The van der Waals surface area contributed by atoms with E-state index < -0.39 is 0 Å². The molecule has 1 nitrogen and oxygen atoms in total. The highest BCUT2D eigenvalue weighted by Crippen LogP contribution is 2.46. The van der Waals surface area contributed by atoms with Crippen molar-refractivity contribution in [2.24, 2.45) is 0 Å². The molecule has 3 heteroatoms. The molecule has 7 aromatic carbocycles. The van der Waals surface area contributed by atoms with Gasteiger partial charge < -0.3 is 4.40 Å². The van der Waals surface area contributed by atoms with Crippen molar-refractivity contribution in [3.8, 4) is 11.1 Å². The number of nitrogens with zero attached hydrogens (tertiary/aromatic N) is 1. The van der Waals surface area contributed by atoms with Gasteiger partial charge in [-0.3, -0.25) is 0 Å². The van der Waals surface area contributed by atoms with E-state index in [1.165, 1.54) is 100 Å². The summed E-state index contributed by atoms with van der Waals surface area (Å²) in [6.45, 7) is 0. The zero-order valence-corrected chi connectivity index (χ0v) is 25.7. The van der Waals surface area contributed by atoms with Crippen LogP contribution in [0.3, 0.4) is 0 Å². The first-order chi connectivity index (χ1) is 22.3. The first-order valence-electron chi connectivity index (χ1n) is 15.4. The molecule has 0 saturated carbocycles. The van der Waals surface area contributed by atoms with Gasteiger partial charge in [0.25, 0.3) is 0 Å². The molecule has 0 unspecified atom stereocenters. The van der Waals surface area contributed by atoms with Crippen LogP contribution in [0.1, 0.15) is 0 Å². The SMILES string of the molecule is c1ccc2c(c1)sc1c(-c3ccc4c(c3)c3cccc5c6cccc7sc8cccc(c9ccccc9n4c53)c8c76)cccc12. The molecule has 11 rings (SSSR count). The number of aromatic nitrogens is 1. The van der Waals surface area contributed by atoms with Gasteiger partial charge in [0.2, 0.25) is 0 Å². The lowest BCUT2D eigenvalue weighted by atomic mass is 9.99. The second-order valence-electron chi connectivity index (χ2n) is 12.0. The van der Waals surface area contributed by atoms with Crippen LogP contribution in [0.4, 0.5) is 0 Å². The van der Waals surface area contributed by atoms with Gasteiger partial charge in [0.1, 0.15) is 0 Å². The average molecular weight is 606 g/mol. The van der Waals surface area contributed by atoms with Crippen molar-refractivity contribution in [2.75, 3.05) is 0 Å². The fraction of sp³-hybridized carbons (Fsp3) is 0. The van der Waals surface area contributed by atoms with Crippen LogP contribution in [-0.4, -0.2) is 4.40 Å². The Labute approximate surface area is 265 Å². The Balaban J connectivity index is 1.37. The van der Waals surface area contributed by atoms with Gasteiger partial charge in [-0.15, -0.1) is 22.7 Å². The number of fused-ring (bicyclic) bond motifs is 10. The van der Waals surface area contributed by atoms with Crippen molar-refractivity contribution in [3.05, 3.63) is 140 Å². The van der Waals surface area contributed by atoms with E-state index in [1.54, 1.807) is 0 Å². The van der Waals surface area contributed by atoms with Gasteiger partial charge in [0, 0.05) is 61.9 Å². The molecule has 208 valence electrons. The summed E-state index contributed by atoms with van der Waals surface area (Å²) in [6.07, 6.45) is 0. The summed E-state index contributed by atoms with van der Waals surface area (Å²) in [5.74, 6) is 0. The minimum Gasteiger partial charge on any atom is -0.308 e. The molecular formula is C42H23NS2. The first-order valence-corrected chi connectivity index (χ1v) is 17.0. The topological polar surface area (TPSA) is 4.41 Å². The number of para-hydroxylation sites is 2. The molecule has 0 spiro atoms. The molecule has 0 fully saturated rings. The van der Waals surface area contributed by atoms with Gasteiger partial charge in [-0.25, -0.2) is 0 Å². The Bertz CT molecular complexity index is 3040. The highest BCUT2D eigenvalue weighted by Gasteiger charge is 2.19. The molecule has 4 aromatic heterocycles. The van der Waals surface area contributed by atoms with E-state index >= 15 is 0 Å². The number of rotatable bonds is 1. The van der Waals surface area contributed by atoms with Gasteiger partial charge in [0.05, 0.1) is 16.6 Å². The third kappa shape index (κ3) is 3.11. The van der Waals surface area contributed by atoms with Crippen molar-refractivity contribution >= 4 is 112 Å². The Hall–Kier alpha value is -5.22. The van der Waals surface area contributed by atoms with Crippen molar-refractivity contribution in [2.45, 2.75) is 0 Å². The Kier molecular flexibility index (Phi) is 4.67. The van der Waals surface area contributed by atoms with E-state index in [9.17, 15) is 0 Å². The van der Waals surface area contributed by atoms with Crippen LogP contribution < -0.4 is 0 Å². The molecule has 0 aliphatic heterocycles. The minimum atomic E-state index is 1.23. The minimum absolute atomic E-state index is 1.23. The van der Waals surface area contributed by atoms with Crippen LogP contribution in [0.25, 0.3) is 100 Å². The summed E-state index contributed by atoms with van der Waals surface area (Å²) in [6, 6.07) is 52.2. The van der Waals surface area contributed by atoms with Crippen LogP contribution in [-0.2, 0) is 0 Å². The summed E-state index contributed by atoms with van der Waals surface area (Å²) in [4.78, 5) is 0. The van der Waals surface area contributed by atoms with Crippen LogP contribution in [0.15, 0.2) is 140 Å². The molecule has 0 amide bonds. The van der Waals surface area contributed by atoms with E-state index in [2.05, 4.69) is 144 Å². The number of hydrogen-bond donors (Lipinski definition) is 0. The lowest BCUT2D eigenvalue weighted by Gasteiger charge is -2.06. The van der Waals surface area contributed by atoms with Crippen molar-refractivity contribution in [1.29, 1.82) is 0 Å². The Morgan fingerprint density at radius 3 is 1.80 bits per heavy atom.